The summed E-state index contributed by atoms with van der Waals surface area (Å²) >= 11 is 1.85. The number of carbonyl (C=O) groups excluding carboxylic acids is 1. The Balaban J connectivity index is 2.40. The van der Waals surface area contributed by atoms with Crippen molar-refractivity contribution in [3.8, 4) is 0 Å². The first kappa shape index (κ1) is 20.0. The summed E-state index contributed by atoms with van der Waals surface area (Å²) in [6.07, 6.45) is 0.515. The average molecular weight is 341 g/mol. The molecule has 132 valence electrons. The van der Waals surface area contributed by atoms with Crippen molar-refractivity contribution in [1.82, 2.24) is 10.6 Å². The van der Waals surface area contributed by atoms with Crippen LogP contribution in [0.1, 0.15) is 64.6 Å². The molecule has 0 spiro atoms. The van der Waals surface area contributed by atoms with Crippen molar-refractivity contribution in [2.45, 2.75) is 78.5 Å². The van der Waals surface area contributed by atoms with E-state index in [1.165, 1.54) is 9.75 Å². The van der Waals surface area contributed by atoms with Crippen molar-refractivity contribution in [2.75, 3.05) is 6.54 Å². The molecule has 4 nitrogen and oxygen atoms in total. The van der Waals surface area contributed by atoms with E-state index in [-0.39, 0.29) is 17.6 Å². The summed E-state index contributed by atoms with van der Waals surface area (Å²) in [5.74, 6) is 0. The summed E-state index contributed by atoms with van der Waals surface area (Å²) in [5.41, 5.74) is -0.261. The van der Waals surface area contributed by atoms with Crippen LogP contribution >= 0.6 is 11.3 Å². The molecular weight excluding hydrogens is 308 g/mol. The predicted molar refractivity (Wildman–Crippen MR) is 98.2 cm³/mol. The van der Waals surface area contributed by atoms with Gasteiger partial charge in [-0.2, -0.15) is 0 Å². The highest BCUT2D eigenvalue weighted by Gasteiger charge is 2.19. The Morgan fingerprint density at radius 1 is 1.22 bits per heavy atom. The van der Waals surface area contributed by atoms with Crippen LogP contribution in [-0.4, -0.2) is 24.3 Å². The van der Waals surface area contributed by atoms with Crippen LogP contribution < -0.4 is 10.6 Å². The minimum Gasteiger partial charge on any atom is -0.444 e. The van der Waals surface area contributed by atoms with Gasteiger partial charge >= 0.3 is 6.09 Å². The maximum absolute atomic E-state index is 11.8. The van der Waals surface area contributed by atoms with Gasteiger partial charge in [0.15, 0.2) is 0 Å². The topological polar surface area (TPSA) is 50.4 Å². The minimum absolute atomic E-state index is 0.0758. The van der Waals surface area contributed by atoms with Crippen LogP contribution in [0, 0.1) is 0 Å². The van der Waals surface area contributed by atoms with Gasteiger partial charge in [0.05, 0.1) is 0 Å². The molecule has 1 rings (SSSR count). The summed E-state index contributed by atoms with van der Waals surface area (Å²) in [4.78, 5) is 14.5. The van der Waals surface area contributed by atoms with E-state index in [2.05, 4.69) is 50.5 Å². The Bertz CT molecular complexity index is 498. The molecule has 1 aromatic rings. The van der Waals surface area contributed by atoms with Crippen LogP contribution in [0.2, 0.25) is 0 Å². The van der Waals surface area contributed by atoms with Gasteiger partial charge in [0, 0.05) is 28.9 Å². The molecule has 23 heavy (non-hydrogen) atoms. The van der Waals surface area contributed by atoms with Gasteiger partial charge in [0.2, 0.25) is 0 Å². The number of thiophene rings is 1. The van der Waals surface area contributed by atoms with Gasteiger partial charge in [-0.1, -0.05) is 27.7 Å². The number of carbonyl (C=O) groups is 1. The number of hydrogen-bond donors (Lipinski definition) is 2. The summed E-state index contributed by atoms with van der Waals surface area (Å²) in [7, 11) is 0. The molecule has 2 N–H and O–H groups in total. The number of alkyl carbamates (subject to hydrolysis) is 1. The Labute approximate surface area is 145 Å². The van der Waals surface area contributed by atoms with E-state index >= 15 is 0 Å². The van der Waals surface area contributed by atoms with E-state index < -0.39 is 5.60 Å². The molecule has 1 unspecified atom stereocenters. The Kier molecular flexibility index (Phi) is 7.08. The fourth-order valence-electron chi connectivity index (χ4n) is 2.02. The van der Waals surface area contributed by atoms with Crippen molar-refractivity contribution < 1.29 is 9.53 Å². The Hall–Kier alpha value is -1.07. The molecule has 0 fully saturated rings. The van der Waals surface area contributed by atoms with Crippen molar-refractivity contribution in [2.24, 2.45) is 0 Å². The zero-order chi connectivity index (χ0) is 17.7. The third-order valence-corrected chi connectivity index (χ3v) is 4.82. The van der Waals surface area contributed by atoms with Crippen molar-refractivity contribution in [3.63, 3.8) is 0 Å². The normalized spacial score (nSPS) is 13.7. The van der Waals surface area contributed by atoms with E-state index in [0.29, 0.717) is 0 Å². The fourth-order valence-corrected chi connectivity index (χ4v) is 3.05. The summed E-state index contributed by atoms with van der Waals surface area (Å²) in [6.45, 7) is 15.9. The van der Waals surface area contributed by atoms with Crippen molar-refractivity contribution >= 4 is 17.4 Å². The van der Waals surface area contributed by atoms with E-state index in [4.69, 9.17) is 4.74 Å². The third kappa shape index (κ3) is 7.84. The molecule has 1 heterocycles. The zero-order valence-corrected chi connectivity index (χ0v) is 16.4. The van der Waals surface area contributed by atoms with Crippen LogP contribution in [0.25, 0.3) is 0 Å². The van der Waals surface area contributed by atoms with Crippen molar-refractivity contribution in [1.29, 1.82) is 0 Å². The molecule has 5 heteroatoms. The number of nitrogens with one attached hydrogen (secondary N) is 2. The van der Waals surface area contributed by atoms with Crippen LogP contribution in [0.15, 0.2) is 12.1 Å². The molecule has 1 amide bonds. The predicted octanol–water partition coefficient (Wildman–Crippen LogP) is 4.44. The highest BCUT2D eigenvalue weighted by Crippen LogP contribution is 2.29. The average Bonchev–Trinajstić information content (AvgIpc) is 2.84. The molecule has 1 atom stereocenters. The van der Waals surface area contributed by atoms with E-state index in [9.17, 15) is 4.79 Å². The van der Waals surface area contributed by atoms with Gasteiger partial charge in [-0.15, -0.1) is 11.3 Å². The van der Waals surface area contributed by atoms with E-state index in [1.807, 2.05) is 32.1 Å². The Morgan fingerprint density at radius 2 is 1.87 bits per heavy atom. The van der Waals surface area contributed by atoms with Gasteiger partial charge in [0.1, 0.15) is 5.60 Å². The zero-order valence-electron chi connectivity index (χ0n) is 15.6. The molecule has 0 aliphatic heterocycles. The van der Waals surface area contributed by atoms with Gasteiger partial charge in [-0.3, -0.25) is 0 Å². The highest BCUT2D eigenvalue weighted by atomic mass is 32.1. The quantitative estimate of drug-likeness (QED) is 0.805. The standard InChI is InChI=1S/C18H32N2O2S/c1-8-13(20-16(21)22-18(5,6)7)11-19-12-14-9-10-15(23-14)17(2,3)4/h9-10,13,19H,8,11-12H2,1-7H3,(H,20,21). The third-order valence-electron chi connectivity index (χ3n) is 3.30. The van der Waals surface area contributed by atoms with Crippen LogP contribution in [0.4, 0.5) is 4.79 Å². The molecule has 0 saturated carbocycles. The smallest absolute Gasteiger partial charge is 0.407 e. The number of hydrogen-bond acceptors (Lipinski definition) is 4. The Morgan fingerprint density at radius 3 is 2.35 bits per heavy atom. The van der Waals surface area contributed by atoms with E-state index in [1.54, 1.807) is 0 Å². The monoisotopic (exact) mass is 340 g/mol. The fraction of sp³-hybridized carbons (Fsp3) is 0.722. The van der Waals surface area contributed by atoms with E-state index in [0.717, 1.165) is 19.5 Å². The molecule has 0 radical (unpaired) electrons. The van der Waals surface area contributed by atoms with Gasteiger partial charge in [0.25, 0.3) is 0 Å². The SMILES string of the molecule is CCC(CNCc1ccc(C(C)(C)C)s1)NC(=O)OC(C)(C)C. The lowest BCUT2D eigenvalue weighted by molar-refractivity contribution is 0.0502. The molecule has 0 bridgehead atoms. The molecule has 1 aromatic heterocycles. The van der Waals surface area contributed by atoms with Crippen LogP contribution in [-0.2, 0) is 16.7 Å². The lowest BCUT2D eigenvalue weighted by atomic mass is 9.95. The second-order valence-corrected chi connectivity index (χ2v) is 9.07. The number of rotatable bonds is 6. The summed E-state index contributed by atoms with van der Waals surface area (Å²) in [5, 5.41) is 6.34. The number of ether oxygens (including phenoxy) is 1. The minimum atomic E-state index is -0.462. The lowest BCUT2D eigenvalue weighted by Gasteiger charge is -2.23. The van der Waals surface area contributed by atoms with Crippen molar-refractivity contribution in [3.05, 3.63) is 21.9 Å². The van der Waals surface area contributed by atoms with Gasteiger partial charge < -0.3 is 15.4 Å². The van der Waals surface area contributed by atoms with Gasteiger partial charge in [-0.05, 0) is 44.7 Å². The maximum atomic E-state index is 11.8. The van der Waals surface area contributed by atoms with Gasteiger partial charge in [-0.25, -0.2) is 4.79 Å². The maximum Gasteiger partial charge on any atom is 0.407 e. The first-order valence-corrected chi connectivity index (χ1v) is 9.12. The first-order valence-electron chi connectivity index (χ1n) is 8.30. The molecule has 0 aliphatic rings. The van der Waals surface area contributed by atoms with Crippen LogP contribution in [0.3, 0.4) is 0 Å². The summed E-state index contributed by atoms with van der Waals surface area (Å²) < 4.78 is 5.30. The molecular formula is C18H32N2O2S. The molecule has 0 aromatic carbocycles. The highest BCUT2D eigenvalue weighted by molar-refractivity contribution is 7.12. The second kappa shape index (κ2) is 8.15. The summed E-state index contributed by atoms with van der Waals surface area (Å²) in [6, 6.07) is 4.46. The second-order valence-electron chi connectivity index (χ2n) is 7.90. The molecule has 0 aliphatic carbocycles. The first-order chi connectivity index (χ1) is 10.5. The van der Waals surface area contributed by atoms with Crippen LogP contribution in [0.5, 0.6) is 0 Å². The molecule has 0 saturated heterocycles. The largest absolute Gasteiger partial charge is 0.444 e. The number of amides is 1. The lowest BCUT2D eigenvalue weighted by Crippen LogP contribution is -2.43.